The minimum atomic E-state index is -1.21. The van der Waals surface area contributed by atoms with Crippen molar-refractivity contribution in [2.45, 2.75) is 45.8 Å². The Morgan fingerprint density at radius 2 is 1.38 bits per heavy atom. The van der Waals surface area contributed by atoms with E-state index >= 15 is 0 Å². The van der Waals surface area contributed by atoms with Gasteiger partial charge in [-0.25, -0.2) is 4.98 Å². The van der Waals surface area contributed by atoms with Gasteiger partial charge in [0.25, 0.3) is 0 Å². The fourth-order valence-electron chi connectivity index (χ4n) is 2.84. The van der Waals surface area contributed by atoms with Crippen molar-refractivity contribution in [2.75, 3.05) is 23.7 Å². The highest BCUT2D eigenvalue weighted by atomic mass is 16.4. The number of anilines is 2. The first kappa shape index (κ1) is 20.9. The number of nitrogens with zero attached hydrogens (tertiary/aromatic N) is 2. The third-order valence-corrected chi connectivity index (χ3v) is 4.70. The Bertz CT molecular complexity index is 975. The van der Waals surface area contributed by atoms with Crippen molar-refractivity contribution >= 4 is 11.8 Å². The SMILES string of the molecule is Cc1ccc(C(C)(O)CNc2ncc(C)c(NCC(C)(O)c3ccc(C)o3)n2)o1. The van der Waals surface area contributed by atoms with Crippen molar-refractivity contribution in [2.24, 2.45) is 0 Å². The molecule has 0 aliphatic rings. The second kappa shape index (κ2) is 7.88. The Labute approximate surface area is 170 Å². The monoisotopic (exact) mass is 400 g/mol. The summed E-state index contributed by atoms with van der Waals surface area (Å²) in [4.78, 5) is 8.72. The number of aryl methyl sites for hydroxylation is 3. The summed E-state index contributed by atoms with van der Waals surface area (Å²) in [6, 6.07) is 7.13. The quantitative estimate of drug-likeness (QED) is 0.455. The van der Waals surface area contributed by atoms with E-state index < -0.39 is 11.2 Å². The van der Waals surface area contributed by atoms with Crippen LogP contribution in [0.5, 0.6) is 0 Å². The summed E-state index contributed by atoms with van der Waals surface area (Å²) >= 11 is 0. The van der Waals surface area contributed by atoms with E-state index in [1.807, 2.05) is 26.8 Å². The fraction of sp³-hybridized carbons (Fsp3) is 0.429. The molecule has 29 heavy (non-hydrogen) atoms. The summed E-state index contributed by atoms with van der Waals surface area (Å²) in [5.41, 5.74) is -1.58. The first-order valence-corrected chi connectivity index (χ1v) is 9.47. The van der Waals surface area contributed by atoms with Gasteiger partial charge in [0.2, 0.25) is 5.95 Å². The number of furan rings is 2. The Hall–Kier alpha value is -2.84. The number of hydrogen-bond donors (Lipinski definition) is 4. The molecular formula is C21H28N4O4. The highest BCUT2D eigenvalue weighted by molar-refractivity contribution is 5.47. The third kappa shape index (κ3) is 4.96. The average Bonchev–Trinajstić information content (AvgIpc) is 3.29. The van der Waals surface area contributed by atoms with Crippen LogP contribution in [-0.2, 0) is 11.2 Å². The van der Waals surface area contributed by atoms with Gasteiger partial charge in [0.1, 0.15) is 40.1 Å². The first-order valence-electron chi connectivity index (χ1n) is 9.47. The zero-order chi connectivity index (χ0) is 21.2. The van der Waals surface area contributed by atoms with Crippen molar-refractivity contribution < 1.29 is 19.0 Å². The molecule has 0 saturated carbocycles. The lowest BCUT2D eigenvalue weighted by molar-refractivity contribution is 0.0466. The fourth-order valence-corrected chi connectivity index (χ4v) is 2.84. The normalized spacial score (nSPS) is 15.6. The van der Waals surface area contributed by atoms with Crippen LogP contribution in [0.3, 0.4) is 0 Å². The van der Waals surface area contributed by atoms with E-state index in [1.165, 1.54) is 0 Å². The second-order valence-corrected chi connectivity index (χ2v) is 7.80. The van der Waals surface area contributed by atoms with Gasteiger partial charge < -0.3 is 29.7 Å². The van der Waals surface area contributed by atoms with Crippen molar-refractivity contribution in [1.82, 2.24) is 9.97 Å². The van der Waals surface area contributed by atoms with Gasteiger partial charge in [0.15, 0.2) is 0 Å². The van der Waals surface area contributed by atoms with E-state index in [9.17, 15) is 10.2 Å². The predicted molar refractivity (Wildman–Crippen MR) is 110 cm³/mol. The molecule has 0 fully saturated rings. The lowest BCUT2D eigenvalue weighted by Crippen LogP contribution is -2.32. The molecule has 8 nitrogen and oxygen atoms in total. The van der Waals surface area contributed by atoms with Gasteiger partial charge in [-0.2, -0.15) is 4.98 Å². The lowest BCUT2D eigenvalue weighted by Gasteiger charge is -2.23. The van der Waals surface area contributed by atoms with Crippen LogP contribution >= 0.6 is 0 Å². The Kier molecular flexibility index (Phi) is 5.68. The minimum absolute atomic E-state index is 0.172. The number of aromatic nitrogens is 2. The number of hydrogen-bond acceptors (Lipinski definition) is 8. The maximum atomic E-state index is 10.7. The van der Waals surface area contributed by atoms with Gasteiger partial charge in [-0.3, -0.25) is 0 Å². The van der Waals surface area contributed by atoms with Gasteiger partial charge in [-0.15, -0.1) is 0 Å². The third-order valence-electron chi connectivity index (χ3n) is 4.70. The van der Waals surface area contributed by atoms with Crippen LogP contribution in [0.1, 0.15) is 42.5 Å². The number of aliphatic hydroxyl groups is 2. The van der Waals surface area contributed by atoms with Gasteiger partial charge >= 0.3 is 0 Å². The van der Waals surface area contributed by atoms with Crippen LogP contribution < -0.4 is 10.6 Å². The smallest absolute Gasteiger partial charge is 0.224 e. The summed E-state index contributed by atoms with van der Waals surface area (Å²) in [6.45, 7) is 9.25. The van der Waals surface area contributed by atoms with Gasteiger partial charge in [-0.05, 0) is 58.9 Å². The minimum Gasteiger partial charge on any atom is -0.463 e. The summed E-state index contributed by atoms with van der Waals surface area (Å²) in [5.74, 6) is 3.37. The Balaban J connectivity index is 1.66. The van der Waals surface area contributed by atoms with Crippen LogP contribution in [-0.4, -0.2) is 33.3 Å². The molecule has 3 aromatic heterocycles. The zero-order valence-electron chi connectivity index (χ0n) is 17.4. The van der Waals surface area contributed by atoms with Gasteiger partial charge in [0.05, 0.1) is 13.1 Å². The number of nitrogens with one attached hydrogen (secondary N) is 2. The number of rotatable bonds is 8. The van der Waals surface area contributed by atoms with E-state index in [2.05, 4.69) is 20.6 Å². The van der Waals surface area contributed by atoms with E-state index in [4.69, 9.17) is 8.83 Å². The summed E-state index contributed by atoms with van der Waals surface area (Å²) in [5, 5.41) is 27.5. The summed E-state index contributed by atoms with van der Waals surface area (Å²) < 4.78 is 11.1. The average molecular weight is 400 g/mol. The molecule has 156 valence electrons. The molecule has 0 amide bonds. The molecule has 3 aromatic rings. The van der Waals surface area contributed by atoms with Crippen LogP contribution in [0.25, 0.3) is 0 Å². The molecule has 2 unspecified atom stereocenters. The second-order valence-electron chi connectivity index (χ2n) is 7.80. The van der Waals surface area contributed by atoms with Crippen molar-refractivity contribution in [3.63, 3.8) is 0 Å². The maximum Gasteiger partial charge on any atom is 0.224 e. The topological polar surface area (TPSA) is 117 Å². The largest absolute Gasteiger partial charge is 0.463 e. The molecule has 0 aliphatic carbocycles. The molecule has 3 heterocycles. The van der Waals surface area contributed by atoms with Crippen LogP contribution in [0.15, 0.2) is 39.3 Å². The highest BCUT2D eigenvalue weighted by Crippen LogP contribution is 2.25. The molecule has 0 radical (unpaired) electrons. The van der Waals surface area contributed by atoms with Crippen molar-refractivity contribution in [1.29, 1.82) is 0 Å². The molecule has 0 bridgehead atoms. The zero-order valence-corrected chi connectivity index (χ0v) is 17.4. The van der Waals surface area contributed by atoms with Crippen molar-refractivity contribution in [3.8, 4) is 0 Å². The van der Waals surface area contributed by atoms with Crippen LogP contribution in [0, 0.1) is 20.8 Å². The molecule has 8 heteroatoms. The molecule has 4 N–H and O–H groups in total. The molecule has 0 aliphatic heterocycles. The summed E-state index contributed by atoms with van der Waals surface area (Å²) in [6.07, 6.45) is 1.68. The van der Waals surface area contributed by atoms with Crippen molar-refractivity contribution in [3.05, 3.63) is 59.1 Å². The molecule has 0 spiro atoms. The lowest BCUT2D eigenvalue weighted by atomic mass is 10.0. The highest BCUT2D eigenvalue weighted by Gasteiger charge is 2.28. The van der Waals surface area contributed by atoms with Gasteiger partial charge in [-0.1, -0.05) is 0 Å². The standard InChI is InChI=1S/C21H28N4O4/c1-13-10-22-19(24-12-21(5,27)17-9-7-15(3)29-17)25-18(13)23-11-20(4,26)16-8-6-14(2)28-16/h6-10,26-27H,11-12H2,1-5H3,(H2,22,23,24,25). The van der Waals surface area contributed by atoms with E-state index in [-0.39, 0.29) is 13.1 Å². The molecule has 3 rings (SSSR count). The Morgan fingerprint density at radius 3 is 1.86 bits per heavy atom. The van der Waals surface area contributed by atoms with E-state index in [0.717, 1.165) is 17.1 Å². The molecular weight excluding hydrogens is 372 g/mol. The summed E-state index contributed by atoms with van der Waals surface area (Å²) in [7, 11) is 0. The molecule has 0 aromatic carbocycles. The molecule has 0 saturated heterocycles. The van der Waals surface area contributed by atoms with Crippen LogP contribution in [0.4, 0.5) is 11.8 Å². The first-order chi connectivity index (χ1) is 13.6. The predicted octanol–water partition coefficient (Wildman–Crippen LogP) is 3.23. The van der Waals surface area contributed by atoms with Gasteiger partial charge in [0, 0.05) is 11.8 Å². The van der Waals surface area contributed by atoms with E-state index in [1.54, 1.807) is 38.2 Å². The molecule has 2 atom stereocenters. The van der Waals surface area contributed by atoms with E-state index in [0.29, 0.717) is 23.3 Å². The Morgan fingerprint density at radius 1 is 0.862 bits per heavy atom. The van der Waals surface area contributed by atoms with Crippen LogP contribution in [0.2, 0.25) is 0 Å². The maximum absolute atomic E-state index is 10.7.